The van der Waals surface area contributed by atoms with Crippen LogP contribution in [0.4, 0.5) is 10.5 Å². The molecule has 0 aliphatic carbocycles. The molecule has 6 nitrogen and oxygen atoms in total. The van der Waals surface area contributed by atoms with Crippen molar-refractivity contribution in [3.05, 3.63) is 95.2 Å². The Morgan fingerprint density at radius 2 is 1.76 bits per heavy atom. The Labute approximate surface area is 199 Å². The van der Waals surface area contributed by atoms with Gasteiger partial charge in [0.05, 0.1) is 13.2 Å². The number of nitrogens with zero attached hydrogens (tertiary/aromatic N) is 2. The number of hydrogen-bond acceptors (Lipinski definition) is 4. The van der Waals surface area contributed by atoms with Crippen LogP contribution >= 0.6 is 11.3 Å². The summed E-state index contributed by atoms with van der Waals surface area (Å²) in [7, 11) is 0. The minimum Gasteiger partial charge on any atom is -0.494 e. The monoisotopic (exact) mass is 463 g/mol. The molecule has 2 aromatic carbocycles. The molecule has 0 fully saturated rings. The van der Waals surface area contributed by atoms with Crippen molar-refractivity contribution in [1.82, 2.24) is 9.80 Å². The normalized spacial score (nSPS) is 10.3. The zero-order chi connectivity index (χ0) is 23.5. The van der Waals surface area contributed by atoms with Crippen molar-refractivity contribution < 1.29 is 14.3 Å². The molecule has 172 valence electrons. The first kappa shape index (κ1) is 24.1. The van der Waals surface area contributed by atoms with E-state index in [2.05, 4.69) is 11.9 Å². The van der Waals surface area contributed by atoms with Crippen LogP contribution in [0, 0.1) is 0 Å². The molecule has 0 unspecified atom stereocenters. The van der Waals surface area contributed by atoms with Crippen molar-refractivity contribution in [3.8, 4) is 5.75 Å². The van der Waals surface area contributed by atoms with E-state index in [0.717, 1.165) is 16.2 Å². The van der Waals surface area contributed by atoms with Crippen LogP contribution in [0.1, 0.15) is 17.4 Å². The summed E-state index contributed by atoms with van der Waals surface area (Å²) in [6, 6.07) is 20.6. The topological polar surface area (TPSA) is 61.9 Å². The number of carbonyl (C=O) groups excluding carboxylic acids is 2. The van der Waals surface area contributed by atoms with Crippen molar-refractivity contribution in [2.24, 2.45) is 0 Å². The first-order valence-corrected chi connectivity index (χ1v) is 11.7. The van der Waals surface area contributed by atoms with Crippen molar-refractivity contribution in [2.75, 3.05) is 25.0 Å². The number of carbonyl (C=O) groups is 2. The van der Waals surface area contributed by atoms with E-state index in [1.54, 1.807) is 46.6 Å². The van der Waals surface area contributed by atoms with Crippen LogP contribution in [-0.4, -0.2) is 41.4 Å². The highest BCUT2D eigenvalue weighted by atomic mass is 32.1. The van der Waals surface area contributed by atoms with E-state index < -0.39 is 0 Å². The Bertz CT molecular complexity index is 1020. The number of hydrogen-bond donors (Lipinski definition) is 1. The molecular weight excluding hydrogens is 434 g/mol. The number of nitrogens with one attached hydrogen (secondary N) is 1. The average Bonchev–Trinajstić information content (AvgIpc) is 3.33. The SMILES string of the molecule is C=CCN(CC(=O)N(Cc1ccccc1)Cc1cccs1)C(=O)Nc1ccc(OCC)cc1. The second-order valence-electron chi connectivity index (χ2n) is 7.37. The van der Waals surface area contributed by atoms with E-state index in [0.29, 0.717) is 25.4 Å². The Kier molecular flexibility index (Phi) is 9.08. The molecule has 33 heavy (non-hydrogen) atoms. The molecular formula is C26H29N3O3S. The first-order chi connectivity index (χ1) is 16.1. The van der Waals surface area contributed by atoms with Gasteiger partial charge in [-0.3, -0.25) is 4.79 Å². The van der Waals surface area contributed by atoms with Gasteiger partial charge in [-0.05, 0) is 48.2 Å². The number of anilines is 1. The molecule has 3 amide bonds. The maximum atomic E-state index is 13.3. The van der Waals surface area contributed by atoms with Gasteiger partial charge in [0.1, 0.15) is 12.3 Å². The Hall–Kier alpha value is -3.58. The lowest BCUT2D eigenvalue weighted by Gasteiger charge is -2.27. The van der Waals surface area contributed by atoms with Gasteiger partial charge in [-0.25, -0.2) is 4.79 Å². The lowest BCUT2D eigenvalue weighted by molar-refractivity contribution is -0.132. The number of ether oxygens (including phenoxy) is 1. The molecule has 3 aromatic rings. The van der Waals surface area contributed by atoms with E-state index in [-0.39, 0.29) is 25.0 Å². The molecule has 0 saturated heterocycles. The van der Waals surface area contributed by atoms with Gasteiger partial charge in [0.15, 0.2) is 0 Å². The van der Waals surface area contributed by atoms with Gasteiger partial charge in [-0.1, -0.05) is 42.5 Å². The smallest absolute Gasteiger partial charge is 0.322 e. The van der Waals surface area contributed by atoms with Gasteiger partial charge in [-0.2, -0.15) is 0 Å². The average molecular weight is 464 g/mol. The second kappa shape index (κ2) is 12.5. The summed E-state index contributed by atoms with van der Waals surface area (Å²) in [5.74, 6) is 0.606. The summed E-state index contributed by atoms with van der Waals surface area (Å²) in [6.07, 6.45) is 1.62. The van der Waals surface area contributed by atoms with Gasteiger partial charge in [0.25, 0.3) is 0 Å². The molecule has 0 saturated carbocycles. The maximum Gasteiger partial charge on any atom is 0.322 e. The summed E-state index contributed by atoms with van der Waals surface area (Å²) in [4.78, 5) is 30.5. The summed E-state index contributed by atoms with van der Waals surface area (Å²) < 4.78 is 5.44. The van der Waals surface area contributed by atoms with Crippen molar-refractivity contribution in [3.63, 3.8) is 0 Å². The molecule has 0 aliphatic heterocycles. The minimum atomic E-state index is -0.358. The predicted octanol–water partition coefficient (Wildman–Crippen LogP) is 5.40. The zero-order valence-corrected chi connectivity index (χ0v) is 19.6. The third-order valence-corrected chi connectivity index (χ3v) is 5.74. The number of benzene rings is 2. The highest BCUT2D eigenvalue weighted by Gasteiger charge is 2.21. The summed E-state index contributed by atoms with van der Waals surface area (Å²) >= 11 is 1.61. The molecule has 0 aliphatic rings. The van der Waals surface area contributed by atoms with Crippen LogP contribution < -0.4 is 10.1 Å². The molecule has 1 N–H and O–H groups in total. The standard InChI is InChI=1S/C26H29N3O3S/c1-3-16-28(26(31)27-22-12-14-23(15-13-22)32-4-2)20-25(30)29(19-24-11-8-17-33-24)18-21-9-6-5-7-10-21/h3,5-15,17H,1,4,16,18-20H2,2H3,(H,27,31). The molecule has 0 atom stereocenters. The largest absolute Gasteiger partial charge is 0.494 e. The number of urea groups is 1. The van der Waals surface area contributed by atoms with Crippen LogP contribution in [0.25, 0.3) is 0 Å². The van der Waals surface area contributed by atoms with Crippen LogP contribution in [0.2, 0.25) is 0 Å². The van der Waals surface area contributed by atoms with E-state index >= 15 is 0 Å². The van der Waals surface area contributed by atoms with E-state index in [4.69, 9.17) is 4.74 Å². The fourth-order valence-electron chi connectivity index (χ4n) is 3.27. The molecule has 3 rings (SSSR count). The fourth-order valence-corrected chi connectivity index (χ4v) is 3.99. The highest BCUT2D eigenvalue weighted by molar-refractivity contribution is 7.09. The Balaban J connectivity index is 1.69. The number of thiophene rings is 1. The van der Waals surface area contributed by atoms with Gasteiger partial charge >= 0.3 is 6.03 Å². The quantitative estimate of drug-likeness (QED) is 0.388. The van der Waals surface area contributed by atoms with E-state index in [1.807, 2.05) is 54.8 Å². The van der Waals surface area contributed by atoms with Crippen LogP contribution in [-0.2, 0) is 17.9 Å². The molecule has 1 aromatic heterocycles. The number of rotatable bonds is 11. The van der Waals surface area contributed by atoms with Gasteiger partial charge in [0.2, 0.25) is 5.91 Å². The molecule has 0 radical (unpaired) electrons. The summed E-state index contributed by atoms with van der Waals surface area (Å²) in [5, 5.41) is 4.85. The minimum absolute atomic E-state index is 0.0485. The fraction of sp³-hybridized carbons (Fsp3) is 0.231. The van der Waals surface area contributed by atoms with Crippen molar-refractivity contribution in [2.45, 2.75) is 20.0 Å². The van der Waals surface area contributed by atoms with E-state index in [9.17, 15) is 9.59 Å². The molecule has 0 bridgehead atoms. The van der Waals surface area contributed by atoms with Crippen LogP contribution in [0.3, 0.4) is 0 Å². The lowest BCUT2D eigenvalue weighted by atomic mass is 10.2. The van der Waals surface area contributed by atoms with E-state index in [1.165, 1.54) is 4.90 Å². The summed E-state index contributed by atoms with van der Waals surface area (Å²) in [5.41, 5.74) is 1.67. The third-order valence-electron chi connectivity index (χ3n) is 4.88. The number of amides is 3. The van der Waals surface area contributed by atoms with Crippen molar-refractivity contribution >= 4 is 29.0 Å². The Morgan fingerprint density at radius 1 is 1.00 bits per heavy atom. The predicted molar refractivity (Wildman–Crippen MR) is 133 cm³/mol. The molecule has 0 spiro atoms. The molecule has 1 heterocycles. The zero-order valence-electron chi connectivity index (χ0n) is 18.8. The first-order valence-electron chi connectivity index (χ1n) is 10.8. The summed E-state index contributed by atoms with van der Waals surface area (Å²) in [6.45, 7) is 7.41. The highest BCUT2D eigenvalue weighted by Crippen LogP contribution is 2.17. The second-order valence-corrected chi connectivity index (χ2v) is 8.40. The lowest BCUT2D eigenvalue weighted by Crippen LogP contribution is -2.44. The van der Waals surface area contributed by atoms with Gasteiger partial charge in [0, 0.05) is 23.7 Å². The van der Waals surface area contributed by atoms with Crippen LogP contribution in [0.5, 0.6) is 5.75 Å². The van der Waals surface area contributed by atoms with Crippen molar-refractivity contribution in [1.29, 1.82) is 0 Å². The molecule has 7 heteroatoms. The van der Waals surface area contributed by atoms with Gasteiger partial charge in [-0.15, -0.1) is 17.9 Å². The van der Waals surface area contributed by atoms with Crippen LogP contribution in [0.15, 0.2) is 84.8 Å². The van der Waals surface area contributed by atoms with Gasteiger partial charge < -0.3 is 19.9 Å². The Morgan fingerprint density at radius 3 is 2.39 bits per heavy atom. The third kappa shape index (κ3) is 7.50. The maximum absolute atomic E-state index is 13.3.